The Morgan fingerprint density at radius 2 is 1.68 bits per heavy atom. The number of ether oxygens (including phenoxy) is 1. The van der Waals surface area contributed by atoms with Gasteiger partial charge in [0.25, 0.3) is 11.1 Å². The number of carbonyl (C=O) groups is 3. The second-order valence-electron chi connectivity index (χ2n) is 7.67. The molecule has 8 heteroatoms. The standard InChI is InChI=1S/C26H21ClN2O4S/c1-17-2-10-21(11-3-17)28-24(30)15-29-25(31)23(34-26(29)32)14-18-6-12-22(13-7-18)33-16-19-4-8-20(27)9-5-19/h2-14H,15-16H2,1H3,(H,28,30)/b23-14-. The van der Waals surface area contributed by atoms with Crippen LogP contribution in [0.25, 0.3) is 6.08 Å². The van der Waals surface area contributed by atoms with Crippen LogP contribution in [0, 0.1) is 6.92 Å². The summed E-state index contributed by atoms with van der Waals surface area (Å²) < 4.78 is 5.77. The third-order valence-electron chi connectivity index (χ3n) is 5.01. The number of aryl methyl sites for hydroxylation is 1. The van der Waals surface area contributed by atoms with E-state index in [2.05, 4.69) is 5.32 Å². The van der Waals surface area contributed by atoms with Crippen molar-refractivity contribution >= 4 is 52.2 Å². The Morgan fingerprint density at radius 3 is 2.35 bits per heavy atom. The summed E-state index contributed by atoms with van der Waals surface area (Å²) in [6.07, 6.45) is 1.63. The lowest BCUT2D eigenvalue weighted by molar-refractivity contribution is -0.127. The summed E-state index contributed by atoms with van der Waals surface area (Å²) in [5.74, 6) is -0.250. The quantitative estimate of drug-likeness (QED) is 0.415. The molecule has 1 aliphatic heterocycles. The SMILES string of the molecule is Cc1ccc(NC(=O)CN2C(=O)S/C(=C\c3ccc(OCc4ccc(Cl)cc4)cc3)C2=O)cc1. The maximum atomic E-state index is 12.7. The Labute approximate surface area is 206 Å². The van der Waals surface area contributed by atoms with E-state index in [0.717, 1.165) is 33.4 Å². The predicted octanol–water partition coefficient (Wildman–Crippen LogP) is 5.90. The number of imide groups is 1. The van der Waals surface area contributed by atoms with Crippen LogP contribution in [0.5, 0.6) is 5.75 Å². The number of rotatable bonds is 7. The summed E-state index contributed by atoms with van der Waals surface area (Å²) in [7, 11) is 0. The highest BCUT2D eigenvalue weighted by atomic mass is 35.5. The first kappa shape index (κ1) is 23.6. The molecule has 3 aromatic rings. The number of carbonyl (C=O) groups excluding carboxylic acids is 3. The Morgan fingerprint density at radius 1 is 1.00 bits per heavy atom. The number of benzene rings is 3. The van der Waals surface area contributed by atoms with Gasteiger partial charge in [-0.15, -0.1) is 0 Å². The van der Waals surface area contributed by atoms with E-state index in [9.17, 15) is 14.4 Å². The molecular formula is C26H21ClN2O4S. The molecule has 34 heavy (non-hydrogen) atoms. The van der Waals surface area contributed by atoms with E-state index in [1.807, 2.05) is 43.3 Å². The second kappa shape index (κ2) is 10.6. The molecule has 0 bridgehead atoms. The van der Waals surface area contributed by atoms with Crippen LogP contribution in [-0.4, -0.2) is 28.5 Å². The van der Waals surface area contributed by atoms with Gasteiger partial charge in [0.2, 0.25) is 5.91 Å². The van der Waals surface area contributed by atoms with E-state index < -0.39 is 17.1 Å². The molecule has 0 unspecified atom stereocenters. The number of amides is 3. The van der Waals surface area contributed by atoms with Gasteiger partial charge in [0.1, 0.15) is 18.9 Å². The molecule has 1 fully saturated rings. The highest BCUT2D eigenvalue weighted by molar-refractivity contribution is 8.18. The van der Waals surface area contributed by atoms with E-state index in [1.54, 1.807) is 42.5 Å². The molecule has 1 N–H and O–H groups in total. The van der Waals surface area contributed by atoms with Gasteiger partial charge in [-0.25, -0.2) is 0 Å². The van der Waals surface area contributed by atoms with Crippen LogP contribution in [0.2, 0.25) is 5.02 Å². The van der Waals surface area contributed by atoms with Crippen molar-refractivity contribution in [2.45, 2.75) is 13.5 Å². The van der Waals surface area contributed by atoms with Crippen LogP contribution >= 0.6 is 23.4 Å². The summed E-state index contributed by atoms with van der Waals surface area (Å²) in [6.45, 7) is 2.01. The monoisotopic (exact) mass is 492 g/mol. The smallest absolute Gasteiger partial charge is 0.294 e. The van der Waals surface area contributed by atoms with Crippen molar-refractivity contribution in [1.82, 2.24) is 4.90 Å². The van der Waals surface area contributed by atoms with Crippen LogP contribution in [-0.2, 0) is 16.2 Å². The van der Waals surface area contributed by atoms with E-state index in [4.69, 9.17) is 16.3 Å². The Kier molecular flexibility index (Phi) is 7.35. The fraction of sp³-hybridized carbons (Fsp3) is 0.115. The number of nitrogens with zero attached hydrogens (tertiary/aromatic N) is 1. The third-order valence-corrected chi connectivity index (χ3v) is 6.17. The van der Waals surface area contributed by atoms with E-state index in [0.29, 0.717) is 23.1 Å². The normalized spacial score (nSPS) is 14.5. The van der Waals surface area contributed by atoms with Crippen LogP contribution < -0.4 is 10.1 Å². The van der Waals surface area contributed by atoms with E-state index in [-0.39, 0.29) is 11.4 Å². The van der Waals surface area contributed by atoms with E-state index >= 15 is 0 Å². The molecule has 172 valence electrons. The van der Waals surface area contributed by atoms with Gasteiger partial charge in [0, 0.05) is 10.7 Å². The van der Waals surface area contributed by atoms with Crippen molar-refractivity contribution in [3.8, 4) is 5.75 Å². The first-order valence-electron chi connectivity index (χ1n) is 10.5. The highest BCUT2D eigenvalue weighted by Gasteiger charge is 2.36. The summed E-state index contributed by atoms with van der Waals surface area (Å²) >= 11 is 6.71. The second-order valence-corrected chi connectivity index (χ2v) is 9.10. The molecule has 1 saturated heterocycles. The molecule has 3 amide bonds. The van der Waals surface area contributed by atoms with Gasteiger partial charge in [-0.2, -0.15) is 0 Å². The molecule has 4 rings (SSSR count). The molecule has 0 spiro atoms. The minimum atomic E-state index is -0.489. The fourth-order valence-electron chi connectivity index (χ4n) is 3.18. The summed E-state index contributed by atoms with van der Waals surface area (Å²) in [6, 6.07) is 21.9. The summed E-state index contributed by atoms with van der Waals surface area (Å²) in [5, 5.41) is 2.90. The number of hydrogen-bond acceptors (Lipinski definition) is 5. The van der Waals surface area contributed by atoms with Gasteiger partial charge in [0.15, 0.2) is 0 Å². The zero-order chi connectivity index (χ0) is 24.1. The van der Waals surface area contributed by atoms with E-state index in [1.165, 1.54) is 0 Å². The summed E-state index contributed by atoms with van der Waals surface area (Å²) in [5.41, 5.74) is 3.41. The van der Waals surface area contributed by atoms with Crippen molar-refractivity contribution < 1.29 is 19.1 Å². The van der Waals surface area contributed by atoms with Crippen molar-refractivity contribution in [1.29, 1.82) is 0 Å². The van der Waals surface area contributed by atoms with Gasteiger partial charge >= 0.3 is 0 Å². The van der Waals surface area contributed by atoms with Crippen molar-refractivity contribution in [3.63, 3.8) is 0 Å². The minimum Gasteiger partial charge on any atom is -0.489 e. The van der Waals surface area contributed by atoms with Crippen molar-refractivity contribution in [3.05, 3.63) is 99.4 Å². The molecule has 0 atom stereocenters. The first-order chi connectivity index (χ1) is 16.4. The van der Waals surface area contributed by atoms with Crippen molar-refractivity contribution in [2.24, 2.45) is 0 Å². The first-order valence-corrected chi connectivity index (χ1v) is 11.7. The zero-order valence-corrected chi connectivity index (χ0v) is 19.9. The molecule has 1 aliphatic rings. The maximum Gasteiger partial charge on any atom is 0.294 e. The molecule has 1 heterocycles. The number of nitrogens with one attached hydrogen (secondary N) is 1. The van der Waals surface area contributed by atoms with Gasteiger partial charge in [-0.05, 0) is 72.3 Å². The van der Waals surface area contributed by atoms with Crippen LogP contribution in [0.3, 0.4) is 0 Å². The average molecular weight is 493 g/mol. The van der Waals surface area contributed by atoms with Gasteiger partial charge in [-0.1, -0.05) is 53.6 Å². The molecule has 6 nitrogen and oxygen atoms in total. The zero-order valence-electron chi connectivity index (χ0n) is 18.3. The molecule has 0 aromatic heterocycles. The number of anilines is 1. The van der Waals surface area contributed by atoms with Crippen LogP contribution in [0.1, 0.15) is 16.7 Å². The summed E-state index contributed by atoms with van der Waals surface area (Å²) in [4.78, 5) is 38.6. The predicted molar refractivity (Wildman–Crippen MR) is 135 cm³/mol. The molecule has 0 radical (unpaired) electrons. The topological polar surface area (TPSA) is 75.7 Å². The lowest BCUT2D eigenvalue weighted by atomic mass is 10.2. The Balaban J connectivity index is 1.35. The molecular weight excluding hydrogens is 472 g/mol. The van der Waals surface area contributed by atoms with Gasteiger partial charge in [-0.3, -0.25) is 19.3 Å². The lowest BCUT2D eigenvalue weighted by Crippen LogP contribution is -2.36. The molecule has 0 aliphatic carbocycles. The van der Waals surface area contributed by atoms with Gasteiger partial charge < -0.3 is 10.1 Å². The van der Waals surface area contributed by atoms with Crippen LogP contribution in [0.15, 0.2) is 77.7 Å². The minimum absolute atomic E-state index is 0.267. The Hall–Kier alpha value is -3.55. The van der Waals surface area contributed by atoms with Gasteiger partial charge in [0.05, 0.1) is 4.91 Å². The Bertz CT molecular complexity index is 1240. The molecule has 3 aromatic carbocycles. The molecule has 0 saturated carbocycles. The third kappa shape index (κ3) is 6.07. The number of hydrogen-bond donors (Lipinski definition) is 1. The number of thioether (sulfide) groups is 1. The van der Waals surface area contributed by atoms with Crippen LogP contribution in [0.4, 0.5) is 10.5 Å². The maximum absolute atomic E-state index is 12.7. The largest absolute Gasteiger partial charge is 0.489 e. The van der Waals surface area contributed by atoms with Crippen molar-refractivity contribution in [2.75, 3.05) is 11.9 Å². The average Bonchev–Trinajstić information content (AvgIpc) is 3.08. The fourth-order valence-corrected chi connectivity index (χ4v) is 4.14. The number of halogens is 1. The lowest BCUT2D eigenvalue weighted by Gasteiger charge is -2.12. The highest BCUT2D eigenvalue weighted by Crippen LogP contribution is 2.32.